The molecule has 3 aromatic carbocycles. The van der Waals surface area contributed by atoms with Crippen molar-refractivity contribution in [3.8, 4) is 23.0 Å². The largest absolute Gasteiger partial charge is 0.504 e. The minimum Gasteiger partial charge on any atom is -0.504 e. The number of benzene rings is 3. The highest BCUT2D eigenvalue weighted by Gasteiger charge is 2.29. The Morgan fingerprint density at radius 2 is 1.85 bits per heavy atom. The lowest BCUT2D eigenvalue weighted by atomic mass is 9.93. The second kappa shape index (κ2) is 10.3. The first-order valence-electron chi connectivity index (χ1n) is 10.8. The van der Waals surface area contributed by atoms with E-state index in [0.29, 0.717) is 18.8 Å². The number of halogens is 1. The standard InChI is InChI=1S/C26H27BrN2O4/c1-4-33-24-10-6-9-19(25(24)30)22-15-21(16-7-5-8-18(13-16)31-2)28-26(29-22)17-11-12-23(32-3)20(27)14-17/h5-14,22,26,29-30H,4,15H2,1-3H3/t22-,26+/m0/s1. The molecule has 0 aliphatic carbocycles. The van der Waals surface area contributed by atoms with Crippen molar-refractivity contribution in [3.63, 3.8) is 0 Å². The molecule has 0 amide bonds. The normalized spacial score (nSPS) is 17.9. The molecule has 3 aromatic rings. The van der Waals surface area contributed by atoms with E-state index in [9.17, 15) is 5.11 Å². The predicted octanol–water partition coefficient (Wildman–Crippen LogP) is 5.79. The van der Waals surface area contributed by atoms with E-state index in [-0.39, 0.29) is 18.0 Å². The van der Waals surface area contributed by atoms with Crippen molar-refractivity contribution < 1.29 is 19.3 Å². The summed E-state index contributed by atoms with van der Waals surface area (Å²) in [6.07, 6.45) is 0.284. The first kappa shape index (κ1) is 23.1. The van der Waals surface area contributed by atoms with E-state index >= 15 is 0 Å². The average molecular weight is 511 g/mol. The Bertz CT molecular complexity index is 1160. The van der Waals surface area contributed by atoms with Crippen LogP contribution >= 0.6 is 15.9 Å². The maximum absolute atomic E-state index is 10.9. The predicted molar refractivity (Wildman–Crippen MR) is 133 cm³/mol. The molecule has 1 aliphatic heterocycles. The lowest BCUT2D eigenvalue weighted by Gasteiger charge is -2.31. The average Bonchev–Trinajstić information content (AvgIpc) is 2.85. The fraction of sp³-hybridized carbons (Fsp3) is 0.269. The summed E-state index contributed by atoms with van der Waals surface area (Å²) in [5, 5.41) is 14.5. The highest BCUT2D eigenvalue weighted by atomic mass is 79.9. The van der Waals surface area contributed by atoms with Crippen LogP contribution in [0.3, 0.4) is 0 Å². The molecule has 4 rings (SSSR count). The van der Waals surface area contributed by atoms with Gasteiger partial charge in [0, 0.05) is 23.7 Å². The Morgan fingerprint density at radius 1 is 1.03 bits per heavy atom. The SMILES string of the molecule is CCOc1cccc([C@@H]2CC(c3cccc(OC)c3)=N[C@@H](c3ccc(OC)c(Br)c3)N2)c1O. The molecular weight excluding hydrogens is 484 g/mol. The summed E-state index contributed by atoms with van der Waals surface area (Å²) in [7, 11) is 3.29. The molecule has 0 unspecified atom stereocenters. The molecule has 0 spiro atoms. The van der Waals surface area contributed by atoms with E-state index in [1.807, 2.05) is 61.5 Å². The number of hydrogen-bond donors (Lipinski definition) is 2. The molecule has 0 bridgehead atoms. The molecule has 2 N–H and O–H groups in total. The molecule has 0 saturated heterocycles. The van der Waals surface area contributed by atoms with Gasteiger partial charge < -0.3 is 19.3 Å². The van der Waals surface area contributed by atoms with Gasteiger partial charge in [-0.3, -0.25) is 10.3 Å². The third-order valence-corrected chi connectivity index (χ3v) is 6.26. The Balaban J connectivity index is 1.77. The first-order valence-corrected chi connectivity index (χ1v) is 11.6. The lowest BCUT2D eigenvalue weighted by Crippen LogP contribution is -2.33. The molecular formula is C26H27BrN2O4. The van der Waals surface area contributed by atoms with Crippen molar-refractivity contribution in [2.75, 3.05) is 20.8 Å². The fourth-order valence-electron chi connectivity index (χ4n) is 4.00. The van der Waals surface area contributed by atoms with Crippen LogP contribution < -0.4 is 19.5 Å². The smallest absolute Gasteiger partial charge is 0.162 e. The summed E-state index contributed by atoms with van der Waals surface area (Å²) in [5.74, 6) is 2.16. The van der Waals surface area contributed by atoms with Crippen molar-refractivity contribution in [1.82, 2.24) is 5.32 Å². The summed E-state index contributed by atoms with van der Waals surface area (Å²) >= 11 is 3.58. The van der Waals surface area contributed by atoms with Gasteiger partial charge in [-0.05, 0) is 64.3 Å². The lowest BCUT2D eigenvalue weighted by molar-refractivity contribution is 0.313. The van der Waals surface area contributed by atoms with Crippen molar-refractivity contribution in [1.29, 1.82) is 0 Å². The first-order chi connectivity index (χ1) is 16.0. The number of phenolic OH excluding ortho intramolecular Hbond substituents is 1. The van der Waals surface area contributed by atoms with Gasteiger partial charge in [0.05, 0.1) is 25.3 Å². The zero-order valence-corrected chi connectivity index (χ0v) is 20.4. The Morgan fingerprint density at radius 3 is 2.58 bits per heavy atom. The zero-order chi connectivity index (χ0) is 23.4. The van der Waals surface area contributed by atoms with E-state index < -0.39 is 0 Å². The molecule has 0 aromatic heterocycles. The summed E-state index contributed by atoms with van der Waals surface area (Å²) in [5.41, 5.74) is 3.66. The van der Waals surface area contributed by atoms with Crippen LogP contribution in [-0.4, -0.2) is 31.6 Å². The Hall–Kier alpha value is -3.03. The molecule has 1 aliphatic rings. The minimum atomic E-state index is -0.317. The highest BCUT2D eigenvalue weighted by Crippen LogP contribution is 2.39. The molecule has 0 radical (unpaired) electrons. The monoisotopic (exact) mass is 510 g/mol. The number of aliphatic imine (C=N–C) groups is 1. The van der Waals surface area contributed by atoms with Crippen molar-refractivity contribution in [2.45, 2.75) is 25.6 Å². The van der Waals surface area contributed by atoms with Gasteiger partial charge in [0.1, 0.15) is 17.7 Å². The van der Waals surface area contributed by atoms with Gasteiger partial charge in [-0.15, -0.1) is 0 Å². The molecule has 0 saturated carbocycles. The van der Waals surface area contributed by atoms with Gasteiger partial charge in [-0.2, -0.15) is 0 Å². The van der Waals surface area contributed by atoms with E-state index in [1.165, 1.54) is 0 Å². The van der Waals surface area contributed by atoms with Gasteiger partial charge in [-0.25, -0.2) is 0 Å². The minimum absolute atomic E-state index is 0.151. The third kappa shape index (κ3) is 4.99. The Labute approximate surface area is 202 Å². The number of nitrogens with zero attached hydrogens (tertiary/aromatic N) is 1. The molecule has 0 fully saturated rings. The van der Waals surface area contributed by atoms with Crippen LogP contribution in [0.5, 0.6) is 23.0 Å². The summed E-state index contributed by atoms with van der Waals surface area (Å²) in [6.45, 7) is 2.38. The fourth-order valence-corrected chi connectivity index (χ4v) is 4.56. The summed E-state index contributed by atoms with van der Waals surface area (Å²) < 4.78 is 17.3. The summed E-state index contributed by atoms with van der Waals surface area (Å²) in [4.78, 5) is 5.03. The third-order valence-electron chi connectivity index (χ3n) is 5.64. The second-order valence-corrected chi connectivity index (χ2v) is 8.51. The number of phenols is 1. The van der Waals surface area contributed by atoms with Gasteiger partial charge >= 0.3 is 0 Å². The Kier molecular flexibility index (Phi) is 7.20. The van der Waals surface area contributed by atoms with E-state index in [1.54, 1.807) is 20.3 Å². The van der Waals surface area contributed by atoms with Gasteiger partial charge in [-0.1, -0.05) is 30.3 Å². The number of nitrogens with one attached hydrogen (secondary N) is 1. The highest BCUT2D eigenvalue weighted by molar-refractivity contribution is 9.10. The van der Waals surface area contributed by atoms with Crippen molar-refractivity contribution in [3.05, 3.63) is 81.8 Å². The number of aromatic hydroxyl groups is 1. The molecule has 6 nitrogen and oxygen atoms in total. The maximum atomic E-state index is 10.9. The van der Waals surface area contributed by atoms with E-state index in [0.717, 1.165) is 38.4 Å². The van der Waals surface area contributed by atoms with Crippen molar-refractivity contribution in [2.24, 2.45) is 4.99 Å². The van der Waals surface area contributed by atoms with Crippen LogP contribution in [0.25, 0.3) is 0 Å². The van der Waals surface area contributed by atoms with Crippen LogP contribution in [0.15, 0.2) is 70.1 Å². The zero-order valence-electron chi connectivity index (χ0n) is 18.8. The quantitative estimate of drug-likeness (QED) is 0.420. The number of hydrogen-bond acceptors (Lipinski definition) is 6. The van der Waals surface area contributed by atoms with Gasteiger partial charge in [0.25, 0.3) is 0 Å². The molecule has 7 heteroatoms. The van der Waals surface area contributed by atoms with Crippen LogP contribution in [0.4, 0.5) is 0 Å². The number of methoxy groups -OCH3 is 2. The van der Waals surface area contributed by atoms with Crippen LogP contribution in [0.1, 0.15) is 42.2 Å². The summed E-state index contributed by atoms with van der Waals surface area (Å²) in [6, 6.07) is 19.2. The number of rotatable bonds is 7. The maximum Gasteiger partial charge on any atom is 0.162 e. The van der Waals surface area contributed by atoms with Crippen LogP contribution in [-0.2, 0) is 0 Å². The van der Waals surface area contributed by atoms with Crippen molar-refractivity contribution >= 4 is 21.6 Å². The van der Waals surface area contributed by atoms with Gasteiger partial charge in [0.15, 0.2) is 11.5 Å². The molecule has 2 atom stereocenters. The molecule has 172 valence electrons. The van der Waals surface area contributed by atoms with Gasteiger partial charge in [0.2, 0.25) is 0 Å². The number of ether oxygens (including phenoxy) is 3. The van der Waals surface area contributed by atoms with E-state index in [4.69, 9.17) is 19.2 Å². The molecule has 33 heavy (non-hydrogen) atoms. The molecule has 1 heterocycles. The number of para-hydroxylation sites is 1. The van der Waals surface area contributed by atoms with E-state index in [2.05, 4.69) is 21.2 Å². The van der Waals surface area contributed by atoms with Crippen LogP contribution in [0.2, 0.25) is 0 Å². The van der Waals surface area contributed by atoms with Crippen LogP contribution in [0, 0.1) is 0 Å². The second-order valence-electron chi connectivity index (χ2n) is 7.65. The topological polar surface area (TPSA) is 72.3 Å².